The Morgan fingerprint density at radius 1 is 1.57 bits per heavy atom. The van der Waals surface area contributed by atoms with Gasteiger partial charge in [0.05, 0.1) is 16.0 Å². The van der Waals surface area contributed by atoms with Crippen LogP contribution in [-0.4, -0.2) is 23.3 Å². The maximum absolute atomic E-state index is 9.38. The summed E-state index contributed by atoms with van der Waals surface area (Å²) in [6.07, 6.45) is 3.53. The predicted octanol–water partition coefficient (Wildman–Crippen LogP) is 2.09. The Labute approximate surface area is 87.7 Å². The maximum atomic E-state index is 9.38. The van der Waals surface area contributed by atoms with Crippen LogP contribution >= 0.6 is 11.3 Å². The van der Waals surface area contributed by atoms with E-state index < -0.39 is 0 Å². The Balaban J connectivity index is 2.07. The first-order chi connectivity index (χ1) is 6.77. The van der Waals surface area contributed by atoms with Gasteiger partial charge in [-0.3, -0.25) is 0 Å². The molecule has 1 aromatic rings. The number of thiazole rings is 1. The summed E-state index contributed by atoms with van der Waals surface area (Å²) in [6.45, 7) is 3.46. The lowest BCUT2D eigenvalue weighted by Crippen LogP contribution is -2.13. The number of aliphatic hydroxyl groups is 1. The summed E-state index contributed by atoms with van der Waals surface area (Å²) in [5, 5.41) is 10.5. The van der Waals surface area contributed by atoms with E-state index in [2.05, 4.69) is 4.98 Å². The molecule has 1 atom stereocenters. The molecule has 2 rings (SSSR count). The summed E-state index contributed by atoms with van der Waals surface area (Å²) in [6, 6.07) is 0. The topological polar surface area (TPSA) is 42.4 Å². The lowest BCUT2D eigenvalue weighted by molar-refractivity contribution is 0.0853. The molecular formula is C10H15NO2S. The Hall–Kier alpha value is -0.450. The second-order valence-corrected chi connectivity index (χ2v) is 4.76. The van der Waals surface area contributed by atoms with Crippen molar-refractivity contribution in [1.29, 1.82) is 0 Å². The predicted molar refractivity (Wildman–Crippen MR) is 55.5 cm³/mol. The minimum atomic E-state index is -0.388. The van der Waals surface area contributed by atoms with Gasteiger partial charge in [0.2, 0.25) is 0 Å². The van der Waals surface area contributed by atoms with Crippen LogP contribution in [0.25, 0.3) is 0 Å². The van der Waals surface area contributed by atoms with Gasteiger partial charge in [-0.15, -0.1) is 11.3 Å². The van der Waals surface area contributed by atoms with E-state index in [0.717, 1.165) is 35.9 Å². The van der Waals surface area contributed by atoms with E-state index in [1.54, 1.807) is 24.5 Å². The smallest absolute Gasteiger partial charge is 0.0961 e. The van der Waals surface area contributed by atoms with E-state index in [1.807, 2.05) is 0 Å². The molecule has 1 aromatic heterocycles. The molecule has 0 aliphatic carbocycles. The summed E-state index contributed by atoms with van der Waals surface area (Å²) in [4.78, 5) is 5.33. The van der Waals surface area contributed by atoms with Gasteiger partial charge in [0.1, 0.15) is 0 Å². The normalized spacial score (nSPS) is 21.0. The van der Waals surface area contributed by atoms with E-state index in [9.17, 15) is 5.11 Å². The summed E-state index contributed by atoms with van der Waals surface area (Å²) in [5.74, 6) is 0.543. The van der Waals surface area contributed by atoms with Crippen LogP contribution in [-0.2, 0) is 4.74 Å². The summed E-state index contributed by atoms with van der Waals surface area (Å²) in [7, 11) is 0. The van der Waals surface area contributed by atoms with Crippen LogP contribution in [0.3, 0.4) is 0 Å². The van der Waals surface area contributed by atoms with Crippen molar-refractivity contribution in [1.82, 2.24) is 4.98 Å². The molecule has 0 radical (unpaired) electrons. The molecule has 1 unspecified atom stereocenters. The summed E-state index contributed by atoms with van der Waals surface area (Å²) in [5.41, 5.74) is 0. The van der Waals surface area contributed by atoms with Crippen LogP contribution in [0.1, 0.15) is 41.7 Å². The van der Waals surface area contributed by atoms with Crippen LogP contribution in [0.15, 0.2) is 6.20 Å². The SMILES string of the molecule is CC(O)c1cnc(C2CCOCC2)s1. The van der Waals surface area contributed by atoms with Crippen molar-refractivity contribution >= 4 is 11.3 Å². The Morgan fingerprint density at radius 2 is 2.29 bits per heavy atom. The zero-order valence-electron chi connectivity index (χ0n) is 8.27. The van der Waals surface area contributed by atoms with Crippen molar-refractivity contribution in [3.05, 3.63) is 16.1 Å². The van der Waals surface area contributed by atoms with E-state index in [0.29, 0.717) is 5.92 Å². The molecule has 3 nitrogen and oxygen atoms in total. The molecule has 1 N–H and O–H groups in total. The van der Waals surface area contributed by atoms with Gasteiger partial charge >= 0.3 is 0 Å². The second-order valence-electron chi connectivity index (χ2n) is 3.66. The molecule has 0 saturated carbocycles. The summed E-state index contributed by atoms with van der Waals surface area (Å²) >= 11 is 1.63. The van der Waals surface area contributed by atoms with Crippen LogP contribution in [0.2, 0.25) is 0 Å². The Morgan fingerprint density at radius 3 is 2.86 bits per heavy atom. The fraction of sp³-hybridized carbons (Fsp3) is 0.700. The van der Waals surface area contributed by atoms with Crippen LogP contribution in [0, 0.1) is 0 Å². The number of hydrogen-bond donors (Lipinski definition) is 1. The lowest BCUT2D eigenvalue weighted by Gasteiger charge is -2.19. The van der Waals surface area contributed by atoms with E-state index in [-0.39, 0.29) is 6.10 Å². The molecule has 0 amide bonds. The minimum Gasteiger partial charge on any atom is -0.388 e. The van der Waals surface area contributed by atoms with Gasteiger partial charge in [0.15, 0.2) is 0 Å². The molecule has 1 aliphatic heterocycles. The number of aromatic nitrogens is 1. The van der Waals surface area contributed by atoms with Crippen LogP contribution < -0.4 is 0 Å². The van der Waals surface area contributed by atoms with Crippen molar-refractivity contribution in [2.75, 3.05) is 13.2 Å². The Bertz CT molecular complexity index is 292. The fourth-order valence-corrected chi connectivity index (χ4v) is 2.65. The third kappa shape index (κ3) is 2.13. The number of aliphatic hydroxyl groups excluding tert-OH is 1. The third-order valence-corrected chi connectivity index (χ3v) is 3.85. The van der Waals surface area contributed by atoms with Gasteiger partial charge in [-0.1, -0.05) is 0 Å². The van der Waals surface area contributed by atoms with Gasteiger partial charge in [-0.25, -0.2) is 4.98 Å². The van der Waals surface area contributed by atoms with Crippen molar-refractivity contribution in [2.24, 2.45) is 0 Å². The monoisotopic (exact) mass is 213 g/mol. The van der Waals surface area contributed by atoms with Crippen LogP contribution in [0.5, 0.6) is 0 Å². The van der Waals surface area contributed by atoms with Gasteiger partial charge in [0.25, 0.3) is 0 Å². The zero-order valence-corrected chi connectivity index (χ0v) is 9.09. The Kier molecular flexibility index (Phi) is 3.15. The third-order valence-electron chi connectivity index (χ3n) is 2.52. The zero-order chi connectivity index (χ0) is 9.97. The minimum absolute atomic E-state index is 0.388. The molecule has 0 spiro atoms. The first-order valence-corrected chi connectivity index (χ1v) is 5.80. The van der Waals surface area contributed by atoms with E-state index in [4.69, 9.17) is 4.74 Å². The number of hydrogen-bond acceptors (Lipinski definition) is 4. The molecule has 1 aliphatic rings. The van der Waals surface area contributed by atoms with E-state index in [1.165, 1.54) is 0 Å². The molecule has 1 saturated heterocycles. The highest BCUT2D eigenvalue weighted by Crippen LogP contribution is 2.31. The van der Waals surface area contributed by atoms with Crippen LogP contribution in [0.4, 0.5) is 0 Å². The molecular weight excluding hydrogens is 198 g/mol. The largest absolute Gasteiger partial charge is 0.388 e. The standard InChI is InChI=1S/C10H15NO2S/c1-7(12)9-6-11-10(14-9)8-2-4-13-5-3-8/h6-8,12H,2-5H2,1H3. The van der Waals surface area contributed by atoms with Gasteiger partial charge < -0.3 is 9.84 Å². The van der Waals surface area contributed by atoms with Crippen molar-refractivity contribution < 1.29 is 9.84 Å². The maximum Gasteiger partial charge on any atom is 0.0961 e. The number of ether oxygens (including phenoxy) is 1. The second kappa shape index (κ2) is 4.38. The lowest BCUT2D eigenvalue weighted by atomic mass is 10.0. The molecule has 2 heterocycles. The average Bonchev–Trinajstić information content (AvgIpc) is 2.68. The highest BCUT2D eigenvalue weighted by atomic mass is 32.1. The highest BCUT2D eigenvalue weighted by Gasteiger charge is 2.19. The molecule has 0 aromatic carbocycles. The molecule has 4 heteroatoms. The molecule has 78 valence electrons. The number of nitrogens with zero attached hydrogens (tertiary/aromatic N) is 1. The fourth-order valence-electron chi connectivity index (χ4n) is 1.63. The first kappa shape index (κ1) is 10.1. The van der Waals surface area contributed by atoms with Gasteiger partial charge in [-0.2, -0.15) is 0 Å². The van der Waals surface area contributed by atoms with E-state index >= 15 is 0 Å². The highest BCUT2D eigenvalue weighted by molar-refractivity contribution is 7.11. The number of rotatable bonds is 2. The summed E-state index contributed by atoms with van der Waals surface area (Å²) < 4.78 is 5.30. The average molecular weight is 213 g/mol. The van der Waals surface area contributed by atoms with Gasteiger partial charge in [0, 0.05) is 25.3 Å². The first-order valence-electron chi connectivity index (χ1n) is 4.99. The van der Waals surface area contributed by atoms with Gasteiger partial charge in [-0.05, 0) is 19.8 Å². The van der Waals surface area contributed by atoms with Crippen molar-refractivity contribution in [3.63, 3.8) is 0 Å². The van der Waals surface area contributed by atoms with Crippen molar-refractivity contribution in [3.8, 4) is 0 Å². The quantitative estimate of drug-likeness (QED) is 0.818. The molecule has 14 heavy (non-hydrogen) atoms. The molecule has 1 fully saturated rings. The molecule has 0 bridgehead atoms. The van der Waals surface area contributed by atoms with Crippen molar-refractivity contribution in [2.45, 2.75) is 31.8 Å².